The first-order chi connectivity index (χ1) is 8.20. The first kappa shape index (κ1) is 16.2. The SMILES string of the molecule is CC(C)(CNC(=O)N[C@@H](CCO)C(=O)O)C(N)=O. The zero-order valence-corrected chi connectivity index (χ0v) is 10.4. The molecule has 0 aromatic heterocycles. The maximum Gasteiger partial charge on any atom is 0.326 e. The van der Waals surface area contributed by atoms with E-state index in [1.54, 1.807) is 13.8 Å². The van der Waals surface area contributed by atoms with Crippen molar-refractivity contribution in [3.8, 4) is 0 Å². The van der Waals surface area contributed by atoms with Gasteiger partial charge in [0.25, 0.3) is 0 Å². The number of aliphatic hydroxyl groups excluding tert-OH is 1. The molecule has 0 heterocycles. The molecular formula is C10H19N3O5. The molecule has 8 heteroatoms. The average molecular weight is 261 g/mol. The summed E-state index contributed by atoms with van der Waals surface area (Å²) in [7, 11) is 0. The zero-order valence-electron chi connectivity index (χ0n) is 10.4. The molecule has 1 atom stereocenters. The molecule has 0 spiro atoms. The van der Waals surface area contributed by atoms with Gasteiger partial charge in [0.15, 0.2) is 0 Å². The number of nitrogens with one attached hydrogen (secondary N) is 2. The van der Waals surface area contributed by atoms with Gasteiger partial charge >= 0.3 is 12.0 Å². The highest BCUT2D eigenvalue weighted by atomic mass is 16.4. The van der Waals surface area contributed by atoms with Crippen LogP contribution in [0.4, 0.5) is 4.79 Å². The maximum absolute atomic E-state index is 11.4. The molecule has 0 unspecified atom stereocenters. The lowest BCUT2D eigenvalue weighted by atomic mass is 9.93. The van der Waals surface area contributed by atoms with Gasteiger partial charge < -0.3 is 26.6 Å². The molecule has 3 amide bonds. The van der Waals surface area contributed by atoms with Crippen molar-refractivity contribution < 1.29 is 24.6 Å². The predicted molar refractivity (Wildman–Crippen MR) is 62.6 cm³/mol. The Bertz CT molecular complexity index is 329. The van der Waals surface area contributed by atoms with Crippen molar-refractivity contribution in [2.75, 3.05) is 13.2 Å². The molecule has 0 aliphatic carbocycles. The van der Waals surface area contributed by atoms with Gasteiger partial charge in [0.1, 0.15) is 6.04 Å². The van der Waals surface area contributed by atoms with E-state index in [1.807, 2.05) is 0 Å². The first-order valence-electron chi connectivity index (χ1n) is 5.38. The summed E-state index contributed by atoms with van der Waals surface area (Å²) in [4.78, 5) is 33.1. The second-order valence-electron chi connectivity index (χ2n) is 4.48. The summed E-state index contributed by atoms with van der Waals surface area (Å²) in [6.07, 6.45) is -0.0953. The molecule has 0 bridgehead atoms. The molecule has 0 saturated heterocycles. The van der Waals surface area contributed by atoms with Crippen LogP contribution < -0.4 is 16.4 Å². The van der Waals surface area contributed by atoms with Crippen LogP contribution in [0.1, 0.15) is 20.3 Å². The van der Waals surface area contributed by atoms with Gasteiger partial charge in [0, 0.05) is 19.6 Å². The monoisotopic (exact) mass is 261 g/mol. The molecule has 104 valence electrons. The molecule has 0 radical (unpaired) electrons. The van der Waals surface area contributed by atoms with Crippen molar-refractivity contribution in [1.29, 1.82) is 0 Å². The fourth-order valence-corrected chi connectivity index (χ4v) is 0.984. The minimum atomic E-state index is -1.24. The molecule has 0 saturated carbocycles. The van der Waals surface area contributed by atoms with Crippen molar-refractivity contribution in [2.45, 2.75) is 26.3 Å². The van der Waals surface area contributed by atoms with Crippen LogP contribution in [-0.2, 0) is 9.59 Å². The first-order valence-corrected chi connectivity index (χ1v) is 5.38. The van der Waals surface area contributed by atoms with E-state index in [2.05, 4.69) is 10.6 Å². The van der Waals surface area contributed by atoms with Gasteiger partial charge in [-0.15, -0.1) is 0 Å². The fourth-order valence-electron chi connectivity index (χ4n) is 0.984. The van der Waals surface area contributed by atoms with Crippen molar-refractivity contribution in [3.63, 3.8) is 0 Å². The Hall–Kier alpha value is -1.83. The number of amides is 3. The smallest absolute Gasteiger partial charge is 0.326 e. The number of carboxylic acids is 1. The average Bonchev–Trinajstić information content (AvgIpc) is 2.25. The van der Waals surface area contributed by atoms with Crippen LogP contribution >= 0.6 is 0 Å². The number of carboxylic acid groups (broad SMARTS) is 1. The Labute approximate surface area is 105 Å². The number of carbonyl (C=O) groups is 3. The summed E-state index contributed by atoms with van der Waals surface area (Å²) < 4.78 is 0. The summed E-state index contributed by atoms with van der Waals surface area (Å²) in [6.45, 7) is 2.74. The lowest BCUT2D eigenvalue weighted by molar-refractivity contribution is -0.139. The summed E-state index contributed by atoms with van der Waals surface area (Å²) in [5.41, 5.74) is 4.19. The van der Waals surface area contributed by atoms with Gasteiger partial charge in [-0.25, -0.2) is 9.59 Å². The molecule has 0 rings (SSSR count). The molecule has 6 N–H and O–H groups in total. The normalized spacial score (nSPS) is 12.6. The number of hydrogen-bond donors (Lipinski definition) is 5. The van der Waals surface area contributed by atoms with Crippen molar-refractivity contribution in [3.05, 3.63) is 0 Å². The van der Waals surface area contributed by atoms with Crippen LogP contribution in [0.5, 0.6) is 0 Å². The van der Waals surface area contributed by atoms with E-state index < -0.39 is 29.4 Å². The lowest BCUT2D eigenvalue weighted by Crippen LogP contribution is -2.50. The summed E-state index contributed by atoms with van der Waals surface area (Å²) >= 11 is 0. The molecule has 0 aliphatic rings. The number of hydrogen-bond acceptors (Lipinski definition) is 4. The highest BCUT2D eigenvalue weighted by Gasteiger charge is 2.26. The zero-order chi connectivity index (χ0) is 14.3. The summed E-state index contributed by atoms with van der Waals surface area (Å²) in [6, 6.07) is -1.91. The Morgan fingerprint density at radius 3 is 2.28 bits per heavy atom. The van der Waals surface area contributed by atoms with Crippen molar-refractivity contribution in [1.82, 2.24) is 10.6 Å². The van der Waals surface area contributed by atoms with E-state index in [9.17, 15) is 14.4 Å². The third-order valence-electron chi connectivity index (χ3n) is 2.38. The number of nitrogens with two attached hydrogens (primary N) is 1. The Kier molecular flexibility index (Phi) is 6.11. The Balaban J connectivity index is 4.26. The van der Waals surface area contributed by atoms with E-state index in [0.717, 1.165) is 0 Å². The number of aliphatic hydroxyl groups is 1. The predicted octanol–water partition coefficient (Wildman–Crippen LogP) is -1.37. The molecule has 0 fully saturated rings. The number of rotatable bonds is 7. The van der Waals surface area contributed by atoms with Gasteiger partial charge in [0.05, 0.1) is 5.41 Å². The van der Waals surface area contributed by atoms with E-state index >= 15 is 0 Å². The number of aliphatic carboxylic acids is 1. The molecular weight excluding hydrogens is 242 g/mol. The van der Waals surface area contributed by atoms with Crippen LogP contribution in [0.2, 0.25) is 0 Å². The summed E-state index contributed by atoms with van der Waals surface area (Å²) in [5, 5.41) is 21.9. The highest BCUT2D eigenvalue weighted by Crippen LogP contribution is 2.11. The molecule has 0 aromatic rings. The largest absolute Gasteiger partial charge is 0.480 e. The molecule has 0 aliphatic heterocycles. The van der Waals surface area contributed by atoms with Crippen LogP contribution in [0.15, 0.2) is 0 Å². The van der Waals surface area contributed by atoms with Gasteiger partial charge in [-0.05, 0) is 13.8 Å². The standard InChI is InChI=1S/C10H19N3O5/c1-10(2,8(11)17)5-12-9(18)13-6(3-4-14)7(15)16/h6,14H,3-5H2,1-2H3,(H2,11,17)(H,15,16)(H2,12,13,18)/t6-/m0/s1. The van der Waals surface area contributed by atoms with E-state index in [1.165, 1.54) is 0 Å². The Morgan fingerprint density at radius 1 is 1.33 bits per heavy atom. The van der Waals surface area contributed by atoms with E-state index in [0.29, 0.717) is 0 Å². The van der Waals surface area contributed by atoms with E-state index in [4.69, 9.17) is 15.9 Å². The van der Waals surface area contributed by atoms with Crippen LogP contribution in [0.3, 0.4) is 0 Å². The van der Waals surface area contributed by atoms with Crippen LogP contribution in [0, 0.1) is 5.41 Å². The molecule has 0 aromatic carbocycles. The number of urea groups is 1. The topological polar surface area (TPSA) is 142 Å². The van der Waals surface area contributed by atoms with Gasteiger partial charge in [-0.1, -0.05) is 0 Å². The van der Waals surface area contributed by atoms with E-state index in [-0.39, 0.29) is 19.6 Å². The minimum absolute atomic E-state index is 0.0143. The van der Waals surface area contributed by atoms with Gasteiger partial charge in [-0.2, -0.15) is 0 Å². The minimum Gasteiger partial charge on any atom is -0.480 e. The van der Waals surface area contributed by atoms with Crippen LogP contribution in [-0.4, -0.2) is 47.3 Å². The number of carbonyl (C=O) groups excluding carboxylic acids is 2. The highest BCUT2D eigenvalue weighted by molar-refractivity contribution is 5.84. The second-order valence-corrected chi connectivity index (χ2v) is 4.48. The van der Waals surface area contributed by atoms with Gasteiger partial charge in [-0.3, -0.25) is 4.79 Å². The van der Waals surface area contributed by atoms with Gasteiger partial charge in [0.2, 0.25) is 5.91 Å². The molecule has 8 nitrogen and oxygen atoms in total. The summed E-state index contributed by atoms with van der Waals surface area (Å²) in [5.74, 6) is -1.82. The second kappa shape index (κ2) is 6.80. The quantitative estimate of drug-likeness (QED) is 0.384. The van der Waals surface area contributed by atoms with Crippen molar-refractivity contribution >= 4 is 17.9 Å². The Morgan fingerprint density at radius 2 is 1.89 bits per heavy atom. The lowest BCUT2D eigenvalue weighted by Gasteiger charge is -2.21. The third-order valence-corrected chi connectivity index (χ3v) is 2.38. The number of primary amides is 1. The fraction of sp³-hybridized carbons (Fsp3) is 0.700. The third kappa shape index (κ3) is 5.48. The maximum atomic E-state index is 11.4. The van der Waals surface area contributed by atoms with Crippen LogP contribution in [0.25, 0.3) is 0 Å². The van der Waals surface area contributed by atoms with Crippen molar-refractivity contribution in [2.24, 2.45) is 11.1 Å². The molecule has 18 heavy (non-hydrogen) atoms.